The standard InChI is InChI=1S/C22H42N4O3.HI/c1-6-23-20(25(5)12-7-18-10-15-28-16-11-18)24-17-19-8-13-26(14-9-19)21(27)29-22(2,3)4;/h18-19H,6-17H2,1-5H3,(H,23,24);1H. The van der Waals surface area contributed by atoms with Gasteiger partial charge in [-0.3, -0.25) is 4.99 Å². The van der Waals surface area contributed by atoms with Crippen LogP contribution in [-0.2, 0) is 9.47 Å². The first-order valence-corrected chi connectivity index (χ1v) is 11.3. The van der Waals surface area contributed by atoms with Gasteiger partial charge in [-0.1, -0.05) is 0 Å². The number of guanidine groups is 1. The fourth-order valence-corrected chi connectivity index (χ4v) is 3.83. The maximum absolute atomic E-state index is 12.2. The van der Waals surface area contributed by atoms with Crippen LogP contribution in [-0.4, -0.2) is 80.4 Å². The van der Waals surface area contributed by atoms with Crippen LogP contribution < -0.4 is 5.32 Å². The van der Waals surface area contributed by atoms with E-state index in [0.717, 1.165) is 70.7 Å². The Morgan fingerprint density at radius 1 is 1.17 bits per heavy atom. The van der Waals surface area contributed by atoms with Gasteiger partial charge in [0.15, 0.2) is 5.96 Å². The Bertz CT molecular complexity index is 525. The lowest BCUT2D eigenvalue weighted by molar-refractivity contribution is 0.0187. The number of nitrogens with one attached hydrogen (secondary N) is 1. The van der Waals surface area contributed by atoms with E-state index in [0.29, 0.717) is 5.92 Å². The largest absolute Gasteiger partial charge is 0.444 e. The van der Waals surface area contributed by atoms with E-state index in [-0.39, 0.29) is 30.1 Å². The van der Waals surface area contributed by atoms with Gasteiger partial charge in [-0.2, -0.15) is 0 Å². The smallest absolute Gasteiger partial charge is 0.410 e. The summed E-state index contributed by atoms with van der Waals surface area (Å²) in [7, 11) is 2.13. The van der Waals surface area contributed by atoms with Crippen molar-refractivity contribution in [2.24, 2.45) is 16.8 Å². The third-order valence-corrected chi connectivity index (χ3v) is 5.68. The number of nitrogens with zero attached hydrogens (tertiary/aromatic N) is 3. The zero-order valence-corrected chi connectivity index (χ0v) is 21.9. The van der Waals surface area contributed by atoms with Crippen molar-refractivity contribution in [1.29, 1.82) is 0 Å². The lowest BCUT2D eigenvalue weighted by Gasteiger charge is -2.33. The maximum atomic E-state index is 12.2. The van der Waals surface area contributed by atoms with Crippen LogP contribution in [0.4, 0.5) is 4.79 Å². The Hall–Kier alpha value is -0.770. The van der Waals surface area contributed by atoms with Gasteiger partial charge in [0.25, 0.3) is 0 Å². The highest BCUT2D eigenvalue weighted by atomic mass is 127. The molecule has 2 fully saturated rings. The molecule has 1 N–H and O–H groups in total. The van der Waals surface area contributed by atoms with Crippen molar-refractivity contribution in [2.45, 2.75) is 65.4 Å². The average molecular weight is 539 g/mol. The Morgan fingerprint density at radius 2 is 1.80 bits per heavy atom. The molecule has 0 saturated carbocycles. The normalized spacial score (nSPS) is 19.2. The van der Waals surface area contributed by atoms with E-state index < -0.39 is 5.60 Å². The third kappa shape index (κ3) is 10.0. The van der Waals surface area contributed by atoms with Crippen LogP contribution in [0.2, 0.25) is 0 Å². The summed E-state index contributed by atoms with van der Waals surface area (Å²) in [5.41, 5.74) is -0.436. The molecule has 2 rings (SSSR count). The van der Waals surface area contributed by atoms with Gasteiger partial charge in [0, 0.05) is 53.0 Å². The van der Waals surface area contributed by atoms with Crippen molar-refractivity contribution in [2.75, 3.05) is 53.0 Å². The molecule has 2 aliphatic heterocycles. The minimum Gasteiger partial charge on any atom is -0.444 e. The van der Waals surface area contributed by atoms with E-state index in [1.807, 2.05) is 25.7 Å². The maximum Gasteiger partial charge on any atom is 0.410 e. The molecular weight excluding hydrogens is 495 g/mol. The molecule has 8 heteroatoms. The molecule has 0 atom stereocenters. The first-order valence-electron chi connectivity index (χ1n) is 11.3. The number of halogens is 1. The summed E-state index contributed by atoms with van der Waals surface area (Å²) in [5, 5.41) is 3.43. The predicted molar refractivity (Wildman–Crippen MR) is 133 cm³/mol. The molecule has 0 spiro atoms. The van der Waals surface area contributed by atoms with Crippen LogP contribution in [0.25, 0.3) is 0 Å². The second-order valence-electron chi connectivity index (χ2n) is 9.37. The van der Waals surface area contributed by atoms with Crippen molar-refractivity contribution >= 4 is 36.0 Å². The van der Waals surface area contributed by atoms with Gasteiger partial charge in [0.1, 0.15) is 5.60 Å². The van der Waals surface area contributed by atoms with E-state index in [1.54, 1.807) is 0 Å². The lowest BCUT2D eigenvalue weighted by atomic mass is 9.96. The van der Waals surface area contributed by atoms with Crippen molar-refractivity contribution in [3.05, 3.63) is 0 Å². The van der Waals surface area contributed by atoms with Crippen molar-refractivity contribution in [1.82, 2.24) is 15.1 Å². The zero-order chi connectivity index (χ0) is 21.3. The topological polar surface area (TPSA) is 66.4 Å². The Balaban J connectivity index is 0.00000450. The van der Waals surface area contributed by atoms with Gasteiger partial charge in [-0.15, -0.1) is 24.0 Å². The van der Waals surface area contributed by atoms with Crippen LogP contribution in [0.5, 0.6) is 0 Å². The van der Waals surface area contributed by atoms with Gasteiger partial charge < -0.3 is 24.6 Å². The quantitative estimate of drug-likeness (QED) is 0.315. The molecule has 2 aliphatic rings. The number of aliphatic imine (C=N–C) groups is 1. The summed E-state index contributed by atoms with van der Waals surface area (Å²) in [5.74, 6) is 2.28. The zero-order valence-electron chi connectivity index (χ0n) is 19.6. The fourth-order valence-electron chi connectivity index (χ4n) is 3.83. The summed E-state index contributed by atoms with van der Waals surface area (Å²) in [6.45, 7) is 13.9. The van der Waals surface area contributed by atoms with Gasteiger partial charge in [-0.05, 0) is 71.6 Å². The molecule has 7 nitrogen and oxygen atoms in total. The number of hydrogen-bond acceptors (Lipinski definition) is 4. The van der Waals surface area contributed by atoms with Crippen LogP contribution in [0.1, 0.15) is 59.8 Å². The third-order valence-electron chi connectivity index (χ3n) is 5.68. The Labute approximate surface area is 200 Å². The summed E-state index contributed by atoms with van der Waals surface area (Å²) >= 11 is 0. The molecule has 0 aromatic heterocycles. The van der Waals surface area contributed by atoms with E-state index in [2.05, 4.69) is 24.2 Å². The Morgan fingerprint density at radius 3 is 2.37 bits per heavy atom. The molecular formula is C22H43IN4O3. The molecule has 0 aromatic rings. The molecule has 2 saturated heterocycles. The molecule has 0 unspecified atom stereocenters. The number of rotatable bonds is 6. The summed E-state index contributed by atoms with van der Waals surface area (Å²) in [6, 6.07) is 0. The summed E-state index contributed by atoms with van der Waals surface area (Å²) < 4.78 is 10.9. The van der Waals surface area contributed by atoms with Crippen LogP contribution in [0, 0.1) is 11.8 Å². The molecule has 1 amide bonds. The minimum absolute atomic E-state index is 0. The second kappa shape index (κ2) is 13.6. The predicted octanol–water partition coefficient (Wildman–Crippen LogP) is 3.97. The number of piperidine rings is 1. The highest BCUT2D eigenvalue weighted by molar-refractivity contribution is 14.0. The van der Waals surface area contributed by atoms with Crippen molar-refractivity contribution in [3.8, 4) is 0 Å². The first-order chi connectivity index (χ1) is 13.8. The molecule has 176 valence electrons. The number of ether oxygens (including phenoxy) is 2. The van der Waals surface area contributed by atoms with Crippen LogP contribution in [0.3, 0.4) is 0 Å². The van der Waals surface area contributed by atoms with Gasteiger partial charge >= 0.3 is 6.09 Å². The van der Waals surface area contributed by atoms with Gasteiger partial charge in [-0.25, -0.2) is 4.79 Å². The number of hydrogen-bond donors (Lipinski definition) is 1. The van der Waals surface area contributed by atoms with Crippen molar-refractivity contribution < 1.29 is 14.3 Å². The Kier molecular flexibility index (Phi) is 12.4. The number of likely N-dealkylation sites (tertiary alicyclic amines) is 1. The van der Waals surface area contributed by atoms with E-state index in [1.165, 1.54) is 19.3 Å². The summed E-state index contributed by atoms with van der Waals surface area (Å²) in [6.07, 6.45) is 5.32. The lowest BCUT2D eigenvalue weighted by Crippen LogP contribution is -2.43. The van der Waals surface area contributed by atoms with Crippen molar-refractivity contribution in [3.63, 3.8) is 0 Å². The summed E-state index contributed by atoms with van der Waals surface area (Å²) in [4.78, 5) is 21.2. The van der Waals surface area contributed by atoms with E-state index >= 15 is 0 Å². The van der Waals surface area contributed by atoms with Gasteiger partial charge in [0.05, 0.1) is 0 Å². The monoisotopic (exact) mass is 538 g/mol. The second-order valence-corrected chi connectivity index (χ2v) is 9.37. The van der Waals surface area contributed by atoms with E-state index in [9.17, 15) is 4.79 Å². The highest BCUT2D eigenvalue weighted by Gasteiger charge is 2.27. The van der Waals surface area contributed by atoms with Gasteiger partial charge in [0.2, 0.25) is 0 Å². The average Bonchev–Trinajstić information content (AvgIpc) is 2.69. The molecule has 0 bridgehead atoms. The fraction of sp³-hybridized carbons (Fsp3) is 0.909. The molecule has 0 aliphatic carbocycles. The minimum atomic E-state index is -0.436. The molecule has 0 radical (unpaired) electrons. The van der Waals surface area contributed by atoms with E-state index in [4.69, 9.17) is 14.5 Å². The van der Waals surface area contributed by atoms with Crippen LogP contribution >= 0.6 is 24.0 Å². The molecule has 0 aromatic carbocycles. The number of carbonyl (C=O) groups excluding carboxylic acids is 1. The molecule has 30 heavy (non-hydrogen) atoms. The SMILES string of the molecule is CCNC(=NCC1CCN(C(=O)OC(C)(C)C)CC1)N(C)CCC1CCOCC1.I. The number of amides is 1. The number of carbonyl (C=O) groups is 1. The highest BCUT2D eigenvalue weighted by Crippen LogP contribution is 2.21. The van der Waals surface area contributed by atoms with Crippen LogP contribution in [0.15, 0.2) is 4.99 Å². The molecule has 2 heterocycles. The first kappa shape index (κ1) is 27.3.